The predicted molar refractivity (Wildman–Crippen MR) is 72.2 cm³/mol. The molecule has 0 amide bonds. The molecule has 0 unspecified atom stereocenters. The molecule has 2 aromatic rings. The first kappa shape index (κ1) is 11.7. The van der Waals surface area contributed by atoms with Crippen LogP contribution >= 0.6 is 0 Å². The van der Waals surface area contributed by atoms with Crippen LogP contribution in [0, 0.1) is 5.92 Å². The van der Waals surface area contributed by atoms with Crippen molar-refractivity contribution in [3.63, 3.8) is 0 Å². The van der Waals surface area contributed by atoms with E-state index in [0.29, 0.717) is 12.0 Å². The topological polar surface area (TPSA) is 56.7 Å². The largest absolute Gasteiger partial charge is 0.321 e. The fraction of sp³-hybridized carbons (Fsp3) is 0.571. The molecule has 1 aliphatic carbocycles. The molecule has 0 bridgehead atoms. The summed E-state index contributed by atoms with van der Waals surface area (Å²) >= 11 is 0. The minimum absolute atomic E-state index is 0.0137. The summed E-state index contributed by atoms with van der Waals surface area (Å²) in [5.74, 6) is 1.60. The molecule has 0 saturated heterocycles. The van der Waals surface area contributed by atoms with Crippen LogP contribution in [0.25, 0.3) is 11.2 Å². The van der Waals surface area contributed by atoms with Crippen molar-refractivity contribution in [2.75, 3.05) is 0 Å². The van der Waals surface area contributed by atoms with Gasteiger partial charge in [-0.25, -0.2) is 9.97 Å². The van der Waals surface area contributed by atoms with E-state index in [1.54, 1.807) is 0 Å². The van der Waals surface area contributed by atoms with Gasteiger partial charge in [0.15, 0.2) is 5.65 Å². The van der Waals surface area contributed by atoms with E-state index < -0.39 is 0 Å². The van der Waals surface area contributed by atoms with Crippen LogP contribution in [0.1, 0.15) is 51.0 Å². The first-order chi connectivity index (χ1) is 8.66. The summed E-state index contributed by atoms with van der Waals surface area (Å²) in [4.78, 5) is 9.17. The molecule has 3 rings (SSSR count). The minimum atomic E-state index is 0.0137. The van der Waals surface area contributed by atoms with Gasteiger partial charge in [-0.15, -0.1) is 0 Å². The van der Waals surface area contributed by atoms with Gasteiger partial charge in [-0.2, -0.15) is 0 Å². The highest BCUT2D eigenvalue weighted by Gasteiger charge is 2.30. The Kier molecular flexibility index (Phi) is 2.82. The summed E-state index contributed by atoms with van der Waals surface area (Å²) in [6, 6.07) is 4.54. The zero-order valence-electron chi connectivity index (χ0n) is 11.0. The van der Waals surface area contributed by atoms with E-state index in [4.69, 9.17) is 10.7 Å². The highest BCUT2D eigenvalue weighted by atomic mass is 15.2. The molecular weight excluding hydrogens is 224 g/mol. The molecule has 1 saturated carbocycles. The van der Waals surface area contributed by atoms with Gasteiger partial charge in [0.25, 0.3) is 0 Å². The lowest BCUT2D eigenvalue weighted by molar-refractivity contribution is 0.477. The Morgan fingerprint density at radius 2 is 2.22 bits per heavy atom. The normalized spacial score (nSPS) is 17.6. The average Bonchev–Trinajstić information content (AvgIpc) is 3.08. The van der Waals surface area contributed by atoms with Crippen molar-refractivity contribution < 1.29 is 0 Å². The summed E-state index contributed by atoms with van der Waals surface area (Å²) in [7, 11) is 0. The van der Waals surface area contributed by atoms with Crippen LogP contribution in [-0.2, 0) is 0 Å². The fourth-order valence-electron chi connectivity index (χ4n) is 2.51. The van der Waals surface area contributed by atoms with Crippen LogP contribution in [0.5, 0.6) is 0 Å². The monoisotopic (exact) mass is 244 g/mol. The maximum Gasteiger partial charge on any atom is 0.160 e. The summed E-state index contributed by atoms with van der Waals surface area (Å²) in [6.45, 7) is 4.39. The Bertz CT molecular complexity index is 554. The van der Waals surface area contributed by atoms with E-state index in [-0.39, 0.29) is 6.04 Å². The predicted octanol–water partition coefficient (Wildman–Crippen LogP) is 2.81. The van der Waals surface area contributed by atoms with Crippen LogP contribution in [0.15, 0.2) is 18.3 Å². The minimum Gasteiger partial charge on any atom is -0.321 e. The van der Waals surface area contributed by atoms with Crippen LogP contribution in [0.4, 0.5) is 0 Å². The average molecular weight is 244 g/mol. The molecule has 96 valence electrons. The summed E-state index contributed by atoms with van der Waals surface area (Å²) in [5.41, 5.74) is 8.28. The first-order valence-corrected chi connectivity index (χ1v) is 6.75. The van der Waals surface area contributed by atoms with Gasteiger partial charge >= 0.3 is 0 Å². The van der Waals surface area contributed by atoms with Crippen LogP contribution in [-0.4, -0.2) is 14.5 Å². The third-order valence-corrected chi connectivity index (χ3v) is 3.45. The maximum absolute atomic E-state index is 6.32. The van der Waals surface area contributed by atoms with Crippen molar-refractivity contribution in [2.24, 2.45) is 11.7 Å². The van der Waals surface area contributed by atoms with Crippen molar-refractivity contribution in [1.82, 2.24) is 14.5 Å². The van der Waals surface area contributed by atoms with Crippen molar-refractivity contribution in [3.8, 4) is 0 Å². The number of pyridine rings is 1. The van der Waals surface area contributed by atoms with Gasteiger partial charge < -0.3 is 10.3 Å². The standard InChI is InChI=1S/C14H20N4/c1-9(2)8-11(15)13-17-12-4-3-7-16-14(12)18(13)10-5-6-10/h3-4,7,9-11H,5-6,8,15H2,1-2H3/t11-/m1/s1. The quantitative estimate of drug-likeness (QED) is 0.899. The van der Waals surface area contributed by atoms with Gasteiger partial charge in [0, 0.05) is 12.2 Å². The van der Waals surface area contributed by atoms with Crippen molar-refractivity contribution >= 4 is 11.2 Å². The SMILES string of the molecule is CC(C)C[C@@H](N)c1nc2cccnc2n1C1CC1. The maximum atomic E-state index is 6.32. The zero-order valence-corrected chi connectivity index (χ0v) is 11.0. The number of hydrogen-bond donors (Lipinski definition) is 1. The molecule has 18 heavy (non-hydrogen) atoms. The Hall–Kier alpha value is -1.42. The van der Waals surface area contributed by atoms with Crippen LogP contribution in [0.3, 0.4) is 0 Å². The Morgan fingerprint density at radius 1 is 1.44 bits per heavy atom. The van der Waals surface area contributed by atoms with E-state index in [0.717, 1.165) is 23.4 Å². The number of aromatic nitrogens is 3. The molecule has 0 radical (unpaired) electrons. The first-order valence-electron chi connectivity index (χ1n) is 6.75. The number of nitrogens with two attached hydrogens (primary N) is 1. The van der Waals surface area contributed by atoms with Gasteiger partial charge in [-0.1, -0.05) is 13.8 Å². The van der Waals surface area contributed by atoms with E-state index >= 15 is 0 Å². The van der Waals surface area contributed by atoms with Crippen molar-refractivity contribution in [1.29, 1.82) is 0 Å². The lowest BCUT2D eigenvalue weighted by Gasteiger charge is -2.15. The number of fused-ring (bicyclic) bond motifs is 1. The highest BCUT2D eigenvalue weighted by molar-refractivity contribution is 5.71. The highest BCUT2D eigenvalue weighted by Crippen LogP contribution is 2.39. The van der Waals surface area contributed by atoms with E-state index in [9.17, 15) is 0 Å². The smallest absolute Gasteiger partial charge is 0.160 e. The second kappa shape index (κ2) is 4.35. The molecule has 1 aliphatic rings. The number of imidazole rings is 1. The van der Waals surface area contributed by atoms with Crippen LogP contribution < -0.4 is 5.73 Å². The third-order valence-electron chi connectivity index (χ3n) is 3.45. The molecule has 1 atom stereocenters. The Balaban J connectivity index is 2.07. The second-order valence-corrected chi connectivity index (χ2v) is 5.65. The van der Waals surface area contributed by atoms with Gasteiger partial charge in [-0.05, 0) is 37.3 Å². The molecule has 4 nitrogen and oxygen atoms in total. The van der Waals surface area contributed by atoms with Gasteiger partial charge in [-0.3, -0.25) is 0 Å². The molecule has 1 fully saturated rings. The van der Waals surface area contributed by atoms with Gasteiger partial charge in [0.05, 0.1) is 6.04 Å². The lowest BCUT2D eigenvalue weighted by atomic mass is 10.0. The lowest BCUT2D eigenvalue weighted by Crippen LogP contribution is -2.18. The Morgan fingerprint density at radius 3 is 2.89 bits per heavy atom. The van der Waals surface area contributed by atoms with Crippen LogP contribution in [0.2, 0.25) is 0 Å². The molecule has 0 aromatic carbocycles. The van der Waals surface area contributed by atoms with Crippen molar-refractivity contribution in [3.05, 3.63) is 24.2 Å². The molecule has 0 aliphatic heterocycles. The fourth-order valence-corrected chi connectivity index (χ4v) is 2.51. The number of hydrogen-bond acceptors (Lipinski definition) is 3. The number of rotatable bonds is 4. The Labute approximate surface area is 107 Å². The zero-order chi connectivity index (χ0) is 12.7. The van der Waals surface area contributed by atoms with Crippen molar-refractivity contribution in [2.45, 2.75) is 45.2 Å². The molecular formula is C14H20N4. The molecule has 2 aromatic heterocycles. The molecule has 4 heteroatoms. The number of nitrogens with zero attached hydrogens (tertiary/aromatic N) is 3. The second-order valence-electron chi connectivity index (χ2n) is 5.65. The third kappa shape index (κ3) is 2.01. The van der Waals surface area contributed by atoms with Gasteiger partial charge in [0.2, 0.25) is 0 Å². The summed E-state index contributed by atoms with van der Waals surface area (Å²) in [5, 5.41) is 0. The molecule has 2 N–H and O–H groups in total. The van der Waals surface area contributed by atoms with Gasteiger partial charge in [0.1, 0.15) is 11.3 Å². The van der Waals surface area contributed by atoms with E-state index in [1.165, 1.54) is 12.8 Å². The van der Waals surface area contributed by atoms with E-state index in [2.05, 4.69) is 23.4 Å². The summed E-state index contributed by atoms with van der Waals surface area (Å²) < 4.78 is 2.27. The summed E-state index contributed by atoms with van der Waals surface area (Å²) in [6.07, 6.45) is 5.25. The van der Waals surface area contributed by atoms with E-state index in [1.807, 2.05) is 18.3 Å². The molecule has 0 spiro atoms. The molecule has 2 heterocycles.